The summed E-state index contributed by atoms with van der Waals surface area (Å²) in [6.45, 7) is 0.854. The Kier molecular flexibility index (Phi) is 5.09. The number of rotatable bonds is 4. The average molecular weight is 392 g/mol. The van der Waals surface area contributed by atoms with Gasteiger partial charge in [-0.15, -0.1) is 0 Å². The largest absolute Gasteiger partial charge is 0.454 e. The highest BCUT2D eigenvalue weighted by Gasteiger charge is 2.12. The minimum absolute atomic E-state index is 0.275. The lowest BCUT2D eigenvalue weighted by atomic mass is 10.2. The van der Waals surface area contributed by atoms with Gasteiger partial charge in [0.2, 0.25) is 6.79 Å². The first-order valence-corrected chi connectivity index (χ1v) is 8.12. The molecule has 0 saturated heterocycles. The van der Waals surface area contributed by atoms with Crippen LogP contribution in [0, 0.1) is 0 Å². The Balaban J connectivity index is 1.47. The molecule has 0 saturated carbocycles. The molecular weight excluding hydrogens is 378 g/mol. The summed E-state index contributed by atoms with van der Waals surface area (Å²) in [5.41, 5.74) is 4.83. The zero-order valence-electron chi connectivity index (χ0n) is 12.1. The maximum Gasteiger partial charge on any atom is 0.231 e. The number of thiocarbonyl (C=S) groups is 1. The van der Waals surface area contributed by atoms with E-state index in [-0.39, 0.29) is 6.79 Å². The molecule has 1 aliphatic heterocycles. The van der Waals surface area contributed by atoms with Crippen molar-refractivity contribution in [3.8, 4) is 11.5 Å². The molecule has 0 spiro atoms. The van der Waals surface area contributed by atoms with Gasteiger partial charge in [0.1, 0.15) is 0 Å². The summed E-state index contributed by atoms with van der Waals surface area (Å²) in [5.74, 6) is 1.53. The van der Waals surface area contributed by atoms with Gasteiger partial charge in [-0.2, -0.15) is 5.10 Å². The van der Waals surface area contributed by atoms with Crippen LogP contribution in [0.3, 0.4) is 0 Å². The predicted octanol–water partition coefficient (Wildman–Crippen LogP) is 3.18. The van der Waals surface area contributed by atoms with Gasteiger partial charge >= 0.3 is 0 Å². The first-order valence-electron chi connectivity index (χ1n) is 6.92. The normalized spacial score (nSPS) is 12.4. The van der Waals surface area contributed by atoms with Crippen LogP contribution in [0.15, 0.2) is 52.0 Å². The van der Waals surface area contributed by atoms with Gasteiger partial charge in [-0.1, -0.05) is 34.1 Å². The fourth-order valence-corrected chi connectivity index (χ4v) is 2.38. The number of hydrazone groups is 1. The van der Waals surface area contributed by atoms with E-state index in [0.29, 0.717) is 11.7 Å². The predicted molar refractivity (Wildman–Crippen MR) is 96.9 cm³/mol. The molecule has 0 radical (unpaired) electrons. The van der Waals surface area contributed by atoms with Crippen molar-refractivity contribution < 1.29 is 9.47 Å². The number of halogens is 1. The van der Waals surface area contributed by atoms with Crippen molar-refractivity contribution in [1.82, 2.24) is 10.7 Å². The fourth-order valence-electron chi connectivity index (χ4n) is 1.99. The SMILES string of the molecule is S=C(NCc1ccc2c(c1)OCO2)N/N=C\c1ccc(Br)cc1. The van der Waals surface area contributed by atoms with Crippen molar-refractivity contribution in [2.24, 2.45) is 5.10 Å². The molecule has 3 rings (SSSR count). The number of ether oxygens (including phenoxy) is 2. The van der Waals surface area contributed by atoms with Crippen LogP contribution in [-0.2, 0) is 6.54 Å². The highest BCUT2D eigenvalue weighted by molar-refractivity contribution is 9.10. The topological polar surface area (TPSA) is 54.9 Å². The van der Waals surface area contributed by atoms with Crippen LogP contribution in [0.4, 0.5) is 0 Å². The van der Waals surface area contributed by atoms with Crippen LogP contribution in [0.2, 0.25) is 0 Å². The number of hydrogen-bond acceptors (Lipinski definition) is 4. The molecule has 0 fully saturated rings. The third-order valence-electron chi connectivity index (χ3n) is 3.14. The number of nitrogens with zero attached hydrogens (tertiary/aromatic N) is 1. The third-order valence-corrected chi connectivity index (χ3v) is 3.90. The van der Waals surface area contributed by atoms with Crippen LogP contribution in [0.5, 0.6) is 11.5 Å². The lowest BCUT2D eigenvalue weighted by molar-refractivity contribution is 0.174. The lowest BCUT2D eigenvalue weighted by Gasteiger charge is -2.07. The van der Waals surface area contributed by atoms with E-state index in [0.717, 1.165) is 27.1 Å². The molecule has 2 aromatic carbocycles. The van der Waals surface area contributed by atoms with Crippen molar-refractivity contribution in [2.75, 3.05) is 6.79 Å². The molecule has 118 valence electrons. The van der Waals surface area contributed by atoms with E-state index in [1.54, 1.807) is 6.21 Å². The first kappa shape index (κ1) is 15.8. The molecule has 7 heteroatoms. The van der Waals surface area contributed by atoms with E-state index in [4.69, 9.17) is 21.7 Å². The molecule has 1 heterocycles. The molecule has 0 aromatic heterocycles. The molecule has 0 aliphatic carbocycles. The fraction of sp³-hybridized carbons (Fsp3) is 0.125. The van der Waals surface area contributed by atoms with Crippen LogP contribution in [0.1, 0.15) is 11.1 Å². The van der Waals surface area contributed by atoms with Crippen LogP contribution >= 0.6 is 28.1 Å². The van der Waals surface area contributed by atoms with Crippen molar-refractivity contribution in [1.29, 1.82) is 0 Å². The Hall–Kier alpha value is -2.12. The summed E-state index contributed by atoms with van der Waals surface area (Å²) in [6, 6.07) is 13.6. The molecule has 1 aliphatic rings. The highest BCUT2D eigenvalue weighted by atomic mass is 79.9. The van der Waals surface area contributed by atoms with Crippen molar-refractivity contribution in [3.63, 3.8) is 0 Å². The number of nitrogens with one attached hydrogen (secondary N) is 2. The van der Waals surface area contributed by atoms with Gasteiger partial charge in [0, 0.05) is 11.0 Å². The second-order valence-electron chi connectivity index (χ2n) is 4.79. The van der Waals surface area contributed by atoms with E-state index in [2.05, 4.69) is 31.8 Å². The smallest absolute Gasteiger partial charge is 0.231 e. The van der Waals surface area contributed by atoms with Gasteiger partial charge < -0.3 is 14.8 Å². The van der Waals surface area contributed by atoms with Gasteiger partial charge in [0.05, 0.1) is 6.21 Å². The highest BCUT2D eigenvalue weighted by Crippen LogP contribution is 2.32. The van der Waals surface area contributed by atoms with Crippen molar-refractivity contribution in [3.05, 3.63) is 58.1 Å². The molecule has 23 heavy (non-hydrogen) atoms. The summed E-state index contributed by atoms with van der Waals surface area (Å²) in [7, 11) is 0. The summed E-state index contributed by atoms with van der Waals surface area (Å²) in [4.78, 5) is 0. The molecule has 2 aromatic rings. The summed E-state index contributed by atoms with van der Waals surface area (Å²) >= 11 is 8.58. The average Bonchev–Trinajstić information content (AvgIpc) is 3.02. The molecular formula is C16H14BrN3O2S. The number of hydrogen-bond donors (Lipinski definition) is 2. The van der Waals surface area contributed by atoms with Gasteiger partial charge in [-0.3, -0.25) is 5.43 Å². The van der Waals surface area contributed by atoms with E-state index in [1.165, 1.54) is 0 Å². The third kappa shape index (κ3) is 4.43. The van der Waals surface area contributed by atoms with Crippen LogP contribution in [-0.4, -0.2) is 18.1 Å². The minimum atomic E-state index is 0.275. The van der Waals surface area contributed by atoms with Gasteiger partial charge in [-0.25, -0.2) is 0 Å². The summed E-state index contributed by atoms with van der Waals surface area (Å²) in [5, 5.41) is 7.65. The number of benzene rings is 2. The molecule has 0 amide bonds. The van der Waals surface area contributed by atoms with E-state index in [1.807, 2.05) is 42.5 Å². The Morgan fingerprint density at radius 2 is 1.96 bits per heavy atom. The summed E-state index contributed by atoms with van der Waals surface area (Å²) < 4.78 is 11.7. The van der Waals surface area contributed by atoms with Gasteiger partial charge in [0.25, 0.3) is 0 Å². The quantitative estimate of drug-likeness (QED) is 0.476. The van der Waals surface area contributed by atoms with Crippen molar-refractivity contribution >= 4 is 39.5 Å². The van der Waals surface area contributed by atoms with Crippen molar-refractivity contribution in [2.45, 2.75) is 6.54 Å². The molecule has 0 bridgehead atoms. The van der Waals surface area contributed by atoms with E-state index >= 15 is 0 Å². The monoisotopic (exact) mass is 391 g/mol. The Morgan fingerprint density at radius 3 is 2.78 bits per heavy atom. The van der Waals surface area contributed by atoms with Crippen LogP contribution in [0.25, 0.3) is 0 Å². The first-order chi connectivity index (χ1) is 11.2. The maximum absolute atomic E-state index is 5.34. The van der Waals surface area contributed by atoms with Gasteiger partial charge in [0.15, 0.2) is 16.6 Å². The summed E-state index contributed by atoms with van der Waals surface area (Å²) in [6.07, 6.45) is 1.71. The number of fused-ring (bicyclic) bond motifs is 1. The minimum Gasteiger partial charge on any atom is -0.454 e. The zero-order valence-corrected chi connectivity index (χ0v) is 14.5. The second-order valence-corrected chi connectivity index (χ2v) is 6.12. The molecule has 0 unspecified atom stereocenters. The molecule has 0 atom stereocenters. The Morgan fingerprint density at radius 1 is 1.17 bits per heavy atom. The molecule has 5 nitrogen and oxygen atoms in total. The van der Waals surface area contributed by atoms with E-state index < -0.39 is 0 Å². The van der Waals surface area contributed by atoms with Gasteiger partial charge in [-0.05, 0) is 47.6 Å². The second kappa shape index (κ2) is 7.43. The Bertz CT molecular complexity index is 735. The lowest BCUT2D eigenvalue weighted by Crippen LogP contribution is -2.31. The zero-order chi connectivity index (χ0) is 16.1. The van der Waals surface area contributed by atoms with Crippen LogP contribution < -0.4 is 20.2 Å². The standard InChI is InChI=1S/C16H14BrN3O2S/c17-13-4-1-11(2-5-13)9-19-20-16(23)18-8-12-3-6-14-15(7-12)22-10-21-14/h1-7,9H,8,10H2,(H2,18,20,23)/b19-9-. The maximum atomic E-state index is 5.34. The molecule has 2 N–H and O–H groups in total. The van der Waals surface area contributed by atoms with E-state index in [9.17, 15) is 0 Å². The Labute approximate surface area is 147 Å².